The molecule has 23 heavy (non-hydrogen) atoms. The molecule has 0 amide bonds. The maximum atomic E-state index is 13.1. The molecule has 7 heteroatoms. The van der Waals surface area contributed by atoms with E-state index in [-0.39, 0.29) is 0 Å². The smallest absolute Gasteiger partial charge is 0.246 e. The van der Waals surface area contributed by atoms with E-state index in [9.17, 15) is 8.42 Å². The van der Waals surface area contributed by atoms with E-state index in [0.717, 1.165) is 30.6 Å². The predicted octanol–water partition coefficient (Wildman–Crippen LogP) is 3.51. The summed E-state index contributed by atoms with van der Waals surface area (Å²) in [5.41, 5.74) is 0.624. The minimum absolute atomic E-state index is 0.344. The van der Waals surface area contributed by atoms with E-state index >= 15 is 0 Å². The van der Waals surface area contributed by atoms with E-state index in [1.165, 1.54) is 12.8 Å². The molecular weight excluding hydrogens is 330 g/mol. The molecule has 1 saturated heterocycles. The van der Waals surface area contributed by atoms with Gasteiger partial charge in [0.2, 0.25) is 10.0 Å². The van der Waals surface area contributed by atoms with Gasteiger partial charge in [0.05, 0.1) is 10.9 Å². The molecule has 4 rings (SSSR count). The molecule has 0 aromatic carbocycles. The Morgan fingerprint density at radius 1 is 1.13 bits per heavy atom. The number of aromatic nitrogens is 2. The second-order valence-corrected chi connectivity index (χ2v) is 9.20. The van der Waals surface area contributed by atoms with Gasteiger partial charge in [-0.15, -0.1) is 11.3 Å². The zero-order chi connectivity index (χ0) is 15.9. The molecule has 1 aliphatic carbocycles. The molecular formula is C16H21N3O2S2. The SMILES string of the molecule is O=S(=O)(c1cn(C2CCCC2)nc1-c1cccs1)N1CCCC1. The van der Waals surface area contributed by atoms with Crippen molar-refractivity contribution in [2.75, 3.05) is 13.1 Å². The fourth-order valence-electron chi connectivity index (χ4n) is 3.57. The van der Waals surface area contributed by atoms with Crippen LogP contribution in [0.2, 0.25) is 0 Å². The molecule has 0 unspecified atom stereocenters. The van der Waals surface area contributed by atoms with Crippen molar-refractivity contribution in [1.82, 2.24) is 14.1 Å². The van der Waals surface area contributed by atoms with Crippen LogP contribution in [-0.4, -0.2) is 35.6 Å². The summed E-state index contributed by atoms with van der Waals surface area (Å²) >= 11 is 1.55. The van der Waals surface area contributed by atoms with Gasteiger partial charge in [-0.3, -0.25) is 4.68 Å². The normalized spacial score (nSPS) is 20.5. The summed E-state index contributed by atoms with van der Waals surface area (Å²) in [7, 11) is -3.45. The summed E-state index contributed by atoms with van der Waals surface area (Å²) in [6, 6.07) is 4.24. The van der Waals surface area contributed by atoms with E-state index in [2.05, 4.69) is 0 Å². The van der Waals surface area contributed by atoms with Gasteiger partial charge in [-0.25, -0.2) is 8.42 Å². The lowest BCUT2D eigenvalue weighted by Crippen LogP contribution is -2.28. The van der Waals surface area contributed by atoms with Crippen LogP contribution in [0.25, 0.3) is 10.6 Å². The first-order valence-electron chi connectivity index (χ1n) is 8.29. The summed E-state index contributed by atoms with van der Waals surface area (Å²) < 4.78 is 29.6. The second kappa shape index (κ2) is 6.03. The van der Waals surface area contributed by atoms with Crippen LogP contribution in [0.3, 0.4) is 0 Å². The molecule has 124 valence electrons. The van der Waals surface area contributed by atoms with E-state index < -0.39 is 10.0 Å². The molecule has 2 aromatic heterocycles. The van der Waals surface area contributed by atoms with Crippen molar-refractivity contribution in [3.05, 3.63) is 23.7 Å². The molecule has 3 heterocycles. The van der Waals surface area contributed by atoms with Gasteiger partial charge in [0.25, 0.3) is 0 Å². The van der Waals surface area contributed by atoms with E-state index in [1.54, 1.807) is 21.8 Å². The predicted molar refractivity (Wildman–Crippen MR) is 91.0 cm³/mol. The van der Waals surface area contributed by atoms with Crippen molar-refractivity contribution in [3.63, 3.8) is 0 Å². The molecule has 2 aliphatic rings. The van der Waals surface area contributed by atoms with E-state index in [4.69, 9.17) is 5.10 Å². The third kappa shape index (κ3) is 2.75. The largest absolute Gasteiger partial charge is 0.268 e. The quantitative estimate of drug-likeness (QED) is 0.847. The maximum Gasteiger partial charge on any atom is 0.246 e. The highest BCUT2D eigenvalue weighted by molar-refractivity contribution is 7.89. The minimum atomic E-state index is -3.45. The Morgan fingerprint density at radius 2 is 1.87 bits per heavy atom. The van der Waals surface area contributed by atoms with Gasteiger partial charge in [0, 0.05) is 19.3 Å². The van der Waals surface area contributed by atoms with Crippen LogP contribution < -0.4 is 0 Å². The molecule has 1 aliphatic heterocycles. The highest BCUT2D eigenvalue weighted by Gasteiger charge is 2.33. The van der Waals surface area contributed by atoms with Gasteiger partial charge in [-0.05, 0) is 37.1 Å². The molecule has 0 radical (unpaired) electrons. The van der Waals surface area contributed by atoms with Crippen LogP contribution in [0, 0.1) is 0 Å². The second-order valence-electron chi connectivity index (χ2n) is 6.35. The number of sulfonamides is 1. The van der Waals surface area contributed by atoms with Crippen LogP contribution in [0.15, 0.2) is 28.6 Å². The summed E-state index contributed by atoms with van der Waals surface area (Å²) in [5.74, 6) is 0. The number of rotatable bonds is 4. The van der Waals surface area contributed by atoms with Gasteiger partial charge >= 0.3 is 0 Å². The van der Waals surface area contributed by atoms with Gasteiger partial charge in [0.15, 0.2) is 0 Å². The van der Waals surface area contributed by atoms with Crippen LogP contribution in [0.4, 0.5) is 0 Å². The third-order valence-electron chi connectivity index (χ3n) is 4.83. The van der Waals surface area contributed by atoms with Crippen molar-refractivity contribution in [2.24, 2.45) is 0 Å². The first kappa shape index (κ1) is 15.4. The lowest BCUT2D eigenvalue weighted by molar-refractivity contribution is 0.464. The Morgan fingerprint density at radius 3 is 2.52 bits per heavy atom. The van der Waals surface area contributed by atoms with E-state index in [0.29, 0.717) is 29.7 Å². The molecule has 2 aromatic rings. The average Bonchev–Trinajstić information content (AvgIpc) is 3.36. The molecule has 0 bridgehead atoms. The van der Waals surface area contributed by atoms with Crippen LogP contribution >= 0.6 is 11.3 Å². The molecule has 1 saturated carbocycles. The van der Waals surface area contributed by atoms with Crippen molar-refractivity contribution in [3.8, 4) is 10.6 Å². The zero-order valence-electron chi connectivity index (χ0n) is 13.0. The van der Waals surface area contributed by atoms with Crippen molar-refractivity contribution >= 4 is 21.4 Å². The number of nitrogens with zero attached hydrogens (tertiary/aromatic N) is 3. The maximum absolute atomic E-state index is 13.1. The monoisotopic (exact) mass is 351 g/mol. The van der Waals surface area contributed by atoms with Gasteiger partial charge in [-0.1, -0.05) is 18.9 Å². The van der Waals surface area contributed by atoms with Crippen molar-refractivity contribution in [2.45, 2.75) is 49.5 Å². The van der Waals surface area contributed by atoms with Crippen LogP contribution in [-0.2, 0) is 10.0 Å². The Bertz CT molecular complexity index is 768. The highest BCUT2D eigenvalue weighted by Crippen LogP contribution is 2.36. The highest BCUT2D eigenvalue weighted by atomic mass is 32.2. The fraction of sp³-hybridized carbons (Fsp3) is 0.562. The number of hydrogen-bond acceptors (Lipinski definition) is 4. The van der Waals surface area contributed by atoms with Gasteiger partial charge < -0.3 is 0 Å². The zero-order valence-corrected chi connectivity index (χ0v) is 14.7. The summed E-state index contributed by atoms with van der Waals surface area (Å²) in [5, 5.41) is 6.66. The van der Waals surface area contributed by atoms with Crippen LogP contribution in [0.5, 0.6) is 0 Å². The standard InChI is InChI=1S/C16H21N3O2S2/c20-23(21,18-9-3-4-10-18)15-12-19(13-6-1-2-7-13)17-16(15)14-8-5-11-22-14/h5,8,11-13H,1-4,6-7,9-10H2. The molecule has 0 spiro atoms. The van der Waals surface area contributed by atoms with Crippen LogP contribution in [0.1, 0.15) is 44.6 Å². The molecule has 2 fully saturated rings. The first-order valence-corrected chi connectivity index (χ1v) is 10.6. The lowest BCUT2D eigenvalue weighted by Gasteiger charge is -2.14. The minimum Gasteiger partial charge on any atom is -0.268 e. The number of thiophene rings is 1. The Balaban J connectivity index is 1.80. The molecule has 0 atom stereocenters. The summed E-state index contributed by atoms with van der Waals surface area (Å²) in [4.78, 5) is 1.31. The lowest BCUT2D eigenvalue weighted by atomic mass is 10.3. The topological polar surface area (TPSA) is 55.2 Å². The first-order chi connectivity index (χ1) is 11.2. The Kier molecular flexibility index (Phi) is 4.03. The third-order valence-corrected chi connectivity index (χ3v) is 7.61. The van der Waals surface area contributed by atoms with Crippen molar-refractivity contribution < 1.29 is 8.42 Å². The Hall–Kier alpha value is -1.18. The molecule has 5 nitrogen and oxygen atoms in total. The molecule has 0 N–H and O–H groups in total. The fourth-order valence-corrected chi connectivity index (χ4v) is 6.01. The number of hydrogen-bond donors (Lipinski definition) is 0. The van der Waals surface area contributed by atoms with Crippen molar-refractivity contribution in [1.29, 1.82) is 0 Å². The van der Waals surface area contributed by atoms with Gasteiger partial charge in [-0.2, -0.15) is 9.40 Å². The Labute approximate surface area is 141 Å². The summed E-state index contributed by atoms with van der Waals surface area (Å²) in [6.45, 7) is 1.25. The average molecular weight is 351 g/mol. The van der Waals surface area contributed by atoms with E-state index in [1.807, 2.05) is 22.2 Å². The van der Waals surface area contributed by atoms with Gasteiger partial charge in [0.1, 0.15) is 10.6 Å². The summed E-state index contributed by atoms with van der Waals surface area (Å²) in [6.07, 6.45) is 8.26.